The zero-order valence-corrected chi connectivity index (χ0v) is 13.3. The Hall–Kier alpha value is -2.24. The van der Waals surface area contributed by atoms with Crippen molar-refractivity contribution in [3.63, 3.8) is 0 Å². The smallest absolute Gasteiger partial charge is 0.323 e. The first-order chi connectivity index (χ1) is 10.5. The molecule has 0 radical (unpaired) electrons. The maximum atomic E-state index is 12.0. The number of ether oxygens (including phenoxy) is 2. The first-order valence-electron chi connectivity index (χ1n) is 7.22. The molecule has 0 aliphatic rings. The third-order valence-electron chi connectivity index (χ3n) is 3.39. The topological polar surface area (TPSA) is 76.1 Å². The van der Waals surface area contributed by atoms with Crippen LogP contribution in [0.3, 0.4) is 0 Å². The number of hydrogen-bond acceptors (Lipinski definition) is 4. The van der Waals surface area contributed by atoms with Crippen molar-refractivity contribution >= 4 is 11.9 Å². The molecule has 0 aliphatic carbocycles. The average Bonchev–Trinajstić information content (AvgIpc) is 2.52. The van der Waals surface area contributed by atoms with Gasteiger partial charge in [-0.3, -0.25) is 9.59 Å². The fourth-order valence-corrected chi connectivity index (χ4v) is 2.19. The standard InChI is InChI=1S/C16H23NO5/c1-4-17(11-16(19)20)15(18)7-5-6-12-8-9-13(21-2)10-14(12)22-3/h8-10H,4-7,11H2,1-3H3,(H,19,20). The average molecular weight is 309 g/mol. The van der Waals surface area contributed by atoms with Gasteiger partial charge in [0.25, 0.3) is 0 Å². The molecule has 122 valence electrons. The highest BCUT2D eigenvalue weighted by Gasteiger charge is 2.14. The molecule has 0 saturated heterocycles. The lowest BCUT2D eigenvalue weighted by atomic mass is 10.1. The van der Waals surface area contributed by atoms with Gasteiger partial charge in [0, 0.05) is 19.0 Å². The van der Waals surface area contributed by atoms with Gasteiger partial charge in [-0.05, 0) is 31.4 Å². The molecule has 1 amide bonds. The minimum Gasteiger partial charge on any atom is -0.497 e. The van der Waals surface area contributed by atoms with E-state index < -0.39 is 5.97 Å². The van der Waals surface area contributed by atoms with E-state index >= 15 is 0 Å². The SMILES string of the molecule is CCN(CC(=O)O)C(=O)CCCc1ccc(OC)cc1OC. The predicted octanol–water partition coefficient (Wildman–Crippen LogP) is 1.96. The Bertz CT molecular complexity index is 515. The number of hydrogen-bond donors (Lipinski definition) is 1. The molecule has 6 heteroatoms. The Balaban J connectivity index is 2.56. The molecule has 0 aromatic heterocycles. The van der Waals surface area contributed by atoms with Crippen LogP contribution >= 0.6 is 0 Å². The molecule has 0 heterocycles. The van der Waals surface area contributed by atoms with Gasteiger partial charge < -0.3 is 19.5 Å². The number of rotatable bonds is 9. The van der Waals surface area contributed by atoms with Gasteiger partial charge in [-0.1, -0.05) is 6.07 Å². The molecular weight excluding hydrogens is 286 g/mol. The molecule has 22 heavy (non-hydrogen) atoms. The van der Waals surface area contributed by atoms with Crippen LogP contribution in [0.4, 0.5) is 0 Å². The van der Waals surface area contributed by atoms with Crippen LogP contribution in [0.1, 0.15) is 25.3 Å². The minimum atomic E-state index is -0.993. The number of carboxylic acids is 1. The van der Waals surface area contributed by atoms with Gasteiger partial charge in [0.15, 0.2) is 0 Å². The van der Waals surface area contributed by atoms with Gasteiger partial charge in [0.05, 0.1) is 14.2 Å². The number of amides is 1. The number of aliphatic carboxylic acids is 1. The largest absolute Gasteiger partial charge is 0.497 e. The number of carboxylic acid groups (broad SMARTS) is 1. The Kier molecular flexibility index (Phi) is 7.22. The normalized spacial score (nSPS) is 10.1. The molecule has 1 N–H and O–H groups in total. The summed E-state index contributed by atoms with van der Waals surface area (Å²) >= 11 is 0. The molecule has 1 aromatic rings. The molecule has 0 atom stereocenters. The van der Waals surface area contributed by atoms with E-state index in [1.54, 1.807) is 27.2 Å². The highest BCUT2D eigenvalue weighted by Crippen LogP contribution is 2.25. The maximum absolute atomic E-state index is 12.0. The summed E-state index contributed by atoms with van der Waals surface area (Å²) in [5.74, 6) is 0.310. The molecule has 0 bridgehead atoms. The molecule has 1 rings (SSSR count). The Morgan fingerprint density at radius 2 is 1.95 bits per heavy atom. The summed E-state index contributed by atoms with van der Waals surface area (Å²) in [6.07, 6.45) is 1.64. The van der Waals surface area contributed by atoms with Crippen molar-refractivity contribution in [2.75, 3.05) is 27.3 Å². The molecule has 1 aromatic carbocycles. The molecule has 0 spiro atoms. The highest BCUT2D eigenvalue weighted by atomic mass is 16.5. The number of nitrogens with zero attached hydrogens (tertiary/aromatic N) is 1. The predicted molar refractivity (Wildman–Crippen MR) is 82.4 cm³/mol. The van der Waals surface area contributed by atoms with Crippen molar-refractivity contribution in [2.24, 2.45) is 0 Å². The first kappa shape index (κ1) is 17.8. The fraction of sp³-hybridized carbons (Fsp3) is 0.500. The van der Waals surface area contributed by atoms with Crippen LogP contribution < -0.4 is 9.47 Å². The third kappa shape index (κ3) is 5.27. The lowest BCUT2D eigenvalue weighted by Gasteiger charge is -2.18. The number of methoxy groups -OCH3 is 2. The van der Waals surface area contributed by atoms with E-state index in [9.17, 15) is 9.59 Å². The number of carbonyl (C=O) groups is 2. The van der Waals surface area contributed by atoms with Crippen molar-refractivity contribution in [3.05, 3.63) is 23.8 Å². The summed E-state index contributed by atoms with van der Waals surface area (Å²) in [6.45, 7) is 1.92. The van der Waals surface area contributed by atoms with Crippen LogP contribution in [-0.4, -0.2) is 49.2 Å². The van der Waals surface area contributed by atoms with E-state index in [2.05, 4.69) is 0 Å². The van der Waals surface area contributed by atoms with Crippen molar-refractivity contribution in [1.82, 2.24) is 4.90 Å². The highest BCUT2D eigenvalue weighted by molar-refractivity contribution is 5.81. The summed E-state index contributed by atoms with van der Waals surface area (Å²) in [6, 6.07) is 5.57. The van der Waals surface area contributed by atoms with E-state index in [-0.39, 0.29) is 12.5 Å². The van der Waals surface area contributed by atoms with Gasteiger partial charge in [0.1, 0.15) is 18.0 Å². The quantitative estimate of drug-likeness (QED) is 0.754. The van der Waals surface area contributed by atoms with Crippen LogP contribution in [0.2, 0.25) is 0 Å². The first-order valence-corrected chi connectivity index (χ1v) is 7.22. The second-order valence-corrected chi connectivity index (χ2v) is 4.83. The molecule has 0 saturated carbocycles. The fourth-order valence-electron chi connectivity index (χ4n) is 2.19. The van der Waals surface area contributed by atoms with Gasteiger partial charge in [0.2, 0.25) is 5.91 Å². The van der Waals surface area contributed by atoms with Gasteiger partial charge in [-0.15, -0.1) is 0 Å². The van der Waals surface area contributed by atoms with Gasteiger partial charge >= 0.3 is 5.97 Å². The minimum absolute atomic E-state index is 0.141. The Morgan fingerprint density at radius 1 is 1.23 bits per heavy atom. The van der Waals surface area contributed by atoms with Crippen molar-refractivity contribution in [3.8, 4) is 11.5 Å². The maximum Gasteiger partial charge on any atom is 0.323 e. The van der Waals surface area contributed by atoms with Crippen LogP contribution in [0.5, 0.6) is 11.5 Å². The summed E-state index contributed by atoms with van der Waals surface area (Å²) < 4.78 is 10.5. The second-order valence-electron chi connectivity index (χ2n) is 4.83. The Labute approximate surface area is 130 Å². The van der Waals surface area contributed by atoms with Crippen LogP contribution in [0, 0.1) is 0 Å². The summed E-state index contributed by atoms with van der Waals surface area (Å²) in [5, 5.41) is 8.76. The molecular formula is C16H23NO5. The van der Waals surface area contributed by atoms with Crippen molar-refractivity contribution < 1.29 is 24.2 Å². The third-order valence-corrected chi connectivity index (χ3v) is 3.39. The van der Waals surface area contributed by atoms with Crippen LogP contribution in [-0.2, 0) is 16.0 Å². The molecule has 6 nitrogen and oxygen atoms in total. The molecule has 0 aliphatic heterocycles. The Morgan fingerprint density at radius 3 is 2.50 bits per heavy atom. The number of benzene rings is 1. The lowest BCUT2D eigenvalue weighted by molar-refractivity contribution is -0.144. The summed E-state index contributed by atoms with van der Waals surface area (Å²) in [7, 11) is 3.18. The van der Waals surface area contributed by atoms with Crippen molar-refractivity contribution in [2.45, 2.75) is 26.2 Å². The summed E-state index contributed by atoms with van der Waals surface area (Å²) in [4.78, 5) is 24.0. The van der Waals surface area contributed by atoms with E-state index in [1.165, 1.54) is 4.90 Å². The van der Waals surface area contributed by atoms with Crippen LogP contribution in [0.15, 0.2) is 18.2 Å². The van der Waals surface area contributed by atoms with Gasteiger partial charge in [-0.25, -0.2) is 0 Å². The van der Waals surface area contributed by atoms with E-state index in [1.807, 2.05) is 12.1 Å². The van der Waals surface area contributed by atoms with Gasteiger partial charge in [-0.2, -0.15) is 0 Å². The zero-order valence-electron chi connectivity index (χ0n) is 13.3. The van der Waals surface area contributed by atoms with E-state index in [0.717, 1.165) is 17.1 Å². The second kappa shape index (κ2) is 8.92. The zero-order chi connectivity index (χ0) is 16.5. The number of likely N-dealkylation sites (N-methyl/N-ethyl adjacent to an activating group) is 1. The molecule has 0 unspecified atom stereocenters. The van der Waals surface area contributed by atoms with E-state index in [4.69, 9.17) is 14.6 Å². The number of aryl methyl sites for hydroxylation is 1. The molecule has 0 fully saturated rings. The monoisotopic (exact) mass is 309 g/mol. The number of carbonyl (C=O) groups excluding carboxylic acids is 1. The summed E-state index contributed by atoms with van der Waals surface area (Å²) in [5.41, 5.74) is 0.998. The van der Waals surface area contributed by atoms with Crippen molar-refractivity contribution in [1.29, 1.82) is 0 Å². The lowest BCUT2D eigenvalue weighted by Crippen LogP contribution is -2.35. The van der Waals surface area contributed by atoms with Crippen LogP contribution in [0.25, 0.3) is 0 Å². The van der Waals surface area contributed by atoms with E-state index in [0.29, 0.717) is 25.8 Å².